The fourth-order valence-corrected chi connectivity index (χ4v) is 1.51. The van der Waals surface area contributed by atoms with Gasteiger partial charge in [0.25, 0.3) is 0 Å². The number of hydrazine groups is 1. The fourth-order valence-electron chi connectivity index (χ4n) is 1.51. The summed E-state index contributed by atoms with van der Waals surface area (Å²) in [6.45, 7) is 1.79. The van der Waals surface area contributed by atoms with E-state index in [1.807, 2.05) is 5.43 Å². The molecule has 0 atom stereocenters. The Morgan fingerprint density at radius 3 is 2.89 bits per heavy atom. The van der Waals surface area contributed by atoms with Crippen molar-refractivity contribution in [1.82, 2.24) is 5.43 Å². The van der Waals surface area contributed by atoms with Crippen molar-refractivity contribution in [3.63, 3.8) is 0 Å². The third kappa shape index (κ3) is 3.11. The molecule has 0 radical (unpaired) electrons. The maximum absolute atomic E-state index is 13.1. The van der Waals surface area contributed by atoms with Crippen molar-refractivity contribution in [2.24, 2.45) is 5.84 Å². The summed E-state index contributed by atoms with van der Waals surface area (Å²) in [6.07, 6.45) is 0. The molecule has 1 aromatic heterocycles. The van der Waals surface area contributed by atoms with Gasteiger partial charge in [-0.2, -0.15) is 0 Å². The lowest BCUT2D eigenvalue weighted by molar-refractivity contribution is 0.0922. The van der Waals surface area contributed by atoms with Crippen molar-refractivity contribution >= 4 is 5.91 Å². The number of halogens is 1. The van der Waals surface area contributed by atoms with Crippen molar-refractivity contribution in [2.75, 3.05) is 0 Å². The molecule has 0 saturated carbocycles. The van der Waals surface area contributed by atoms with Crippen LogP contribution < -0.4 is 16.0 Å². The zero-order valence-electron chi connectivity index (χ0n) is 10.3. The third-order valence-electron chi connectivity index (χ3n) is 2.53. The SMILES string of the molecule is Cc1cc(OCc2ccc(C(=O)NN)o2)ccc1F. The first-order valence-corrected chi connectivity index (χ1v) is 5.59. The van der Waals surface area contributed by atoms with Gasteiger partial charge in [-0.1, -0.05) is 0 Å². The van der Waals surface area contributed by atoms with Gasteiger partial charge in [0.05, 0.1) is 0 Å². The number of amides is 1. The average Bonchev–Trinajstić information content (AvgIpc) is 2.88. The van der Waals surface area contributed by atoms with E-state index in [1.165, 1.54) is 18.2 Å². The summed E-state index contributed by atoms with van der Waals surface area (Å²) >= 11 is 0. The molecular formula is C13H13FN2O3. The van der Waals surface area contributed by atoms with Crippen molar-refractivity contribution in [2.45, 2.75) is 13.5 Å². The number of nitrogen functional groups attached to an aromatic ring is 1. The van der Waals surface area contributed by atoms with Crippen LogP contribution in [0.3, 0.4) is 0 Å². The van der Waals surface area contributed by atoms with E-state index in [2.05, 4.69) is 0 Å². The van der Waals surface area contributed by atoms with Crippen LogP contribution in [0.5, 0.6) is 5.75 Å². The molecule has 0 bridgehead atoms. The molecule has 2 aromatic rings. The topological polar surface area (TPSA) is 77.5 Å². The molecule has 0 aliphatic carbocycles. The predicted molar refractivity (Wildman–Crippen MR) is 65.8 cm³/mol. The summed E-state index contributed by atoms with van der Waals surface area (Å²) in [5, 5.41) is 0. The second kappa shape index (κ2) is 5.53. The van der Waals surface area contributed by atoms with Gasteiger partial charge in [-0.25, -0.2) is 10.2 Å². The highest BCUT2D eigenvalue weighted by Crippen LogP contribution is 2.18. The highest BCUT2D eigenvalue weighted by molar-refractivity contribution is 5.90. The zero-order valence-corrected chi connectivity index (χ0v) is 10.3. The Hall–Kier alpha value is -2.34. The second-order valence-electron chi connectivity index (χ2n) is 3.94. The lowest BCUT2D eigenvalue weighted by atomic mass is 10.2. The molecule has 0 aliphatic rings. The summed E-state index contributed by atoms with van der Waals surface area (Å²) in [5.41, 5.74) is 2.47. The lowest BCUT2D eigenvalue weighted by Crippen LogP contribution is -2.29. The molecule has 3 N–H and O–H groups in total. The molecule has 1 aromatic carbocycles. The molecule has 1 amide bonds. The van der Waals surface area contributed by atoms with Gasteiger partial charge >= 0.3 is 5.91 Å². The van der Waals surface area contributed by atoms with Gasteiger partial charge in [0.2, 0.25) is 0 Å². The molecule has 6 heteroatoms. The molecule has 0 saturated heterocycles. The van der Waals surface area contributed by atoms with Gasteiger partial charge < -0.3 is 9.15 Å². The highest BCUT2D eigenvalue weighted by Gasteiger charge is 2.10. The number of ether oxygens (including phenoxy) is 1. The van der Waals surface area contributed by atoms with Crippen molar-refractivity contribution in [3.05, 3.63) is 53.2 Å². The van der Waals surface area contributed by atoms with Crippen LogP contribution >= 0.6 is 0 Å². The minimum atomic E-state index is -0.510. The van der Waals surface area contributed by atoms with E-state index >= 15 is 0 Å². The summed E-state index contributed by atoms with van der Waals surface area (Å²) in [5.74, 6) is 5.30. The largest absolute Gasteiger partial charge is 0.486 e. The van der Waals surface area contributed by atoms with E-state index < -0.39 is 5.91 Å². The number of hydrogen-bond acceptors (Lipinski definition) is 4. The number of carbonyl (C=O) groups is 1. The van der Waals surface area contributed by atoms with E-state index in [-0.39, 0.29) is 18.2 Å². The monoisotopic (exact) mass is 264 g/mol. The first-order valence-electron chi connectivity index (χ1n) is 5.59. The summed E-state index contributed by atoms with van der Waals surface area (Å²) < 4.78 is 23.7. The standard InChI is InChI=1S/C13H13FN2O3/c1-8-6-9(2-4-11(8)14)18-7-10-3-5-12(19-10)13(17)16-15/h2-6H,7,15H2,1H3,(H,16,17). The lowest BCUT2D eigenvalue weighted by Gasteiger charge is -2.05. The number of aryl methyl sites for hydroxylation is 1. The Morgan fingerprint density at radius 1 is 1.42 bits per heavy atom. The quantitative estimate of drug-likeness (QED) is 0.502. The number of hydrogen-bond donors (Lipinski definition) is 2. The average molecular weight is 264 g/mol. The van der Waals surface area contributed by atoms with Gasteiger partial charge in [-0.15, -0.1) is 0 Å². The number of furan rings is 1. The summed E-state index contributed by atoms with van der Waals surface area (Å²) in [6, 6.07) is 7.56. The molecule has 5 nitrogen and oxygen atoms in total. The third-order valence-corrected chi connectivity index (χ3v) is 2.53. The van der Waals surface area contributed by atoms with E-state index in [4.69, 9.17) is 15.0 Å². The molecule has 0 spiro atoms. The highest BCUT2D eigenvalue weighted by atomic mass is 19.1. The number of carbonyl (C=O) groups excluding carboxylic acids is 1. The van der Waals surface area contributed by atoms with Gasteiger partial charge in [0.15, 0.2) is 5.76 Å². The Balaban J connectivity index is 2.00. The van der Waals surface area contributed by atoms with Crippen LogP contribution in [0.25, 0.3) is 0 Å². The van der Waals surface area contributed by atoms with Crippen molar-refractivity contribution in [3.8, 4) is 5.75 Å². The van der Waals surface area contributed by atoms with Crippen LogP contribution in [-0.4, -0.2) is 5.91 Å². The van der Waals surface area contributed by atoms with Gasteiger partial charge in [0, 0.05) is 0 Å². The molecule has 0 aliphatic heterocycles. The number of benzene rings is 1. The number of nitrogens with one attached hydrogen (secondary N) is 1. The maximum Gasteiger partial charge on any atom is 0.300 e. The van der Waals surface area contributed by atoms with Crippen LogP contribution in [-0.2, 0) is 6.61 Å². The van der Waals surface area contributed by atoms with Crippen molar-refractivity contribution in [1.29, 1.82) is 0 Å². The summed E-state index contributed by atoms with van der Waals surface area (Å²) in [7, 11) is 0. The summed E-state index contributed by atoms with van der Waals surface area (Å²) in [4.78, 5) is 11.2. The van der Waals surface area contributed by atoms with Crippen LogP contribution in [0.2, 0.25) is 0 Å². The Bertz CT molecular complexity index is 595. The Labute approximate surface area is 109 Å². The molecule has 0 unspecified atom stereocenters. The molecule has 1 heterocycles. The minimum absolute atomic E-state index is 0.108. The van der Waals surface area contributed by atoms with Gasteiger partial charge in [0.1, 0.15) is 23.9 Å². The van der Waals surface area contributed by atoms with Crippen LogP contribution in [0.1, 0.15) is 21.9 Å². The first-order chi connectivity index (χ1) is 9.10. The van der Waals surface area contributed by atoms with Gasteiger partial charge in [-0.3, -0.25) is 10.2 Å². The minimum Gasteiger partial charge on any atom is -0.486 e. The molecular weight excluding hydrogens is 251 g/mol. The first kappa shape index (κ1) is 13.1. The number of nitrogens with two attached hydrogens (primary N) is 1. The molecule has 19 heavy (non-hydrogen) atoms. The van der Waals surface area contributed by atoms with E-state index in [1.54, 1.807) is 19.1 Å². The Morgan fingerprint density at radius 2 is 2.21 bits per heavy atom. The van der Waals surface area contributed by atoms with E-state index in [9.17, 15) is 9.18 Å². The molecule has 0 fully saturated rings. The van der Waals surface area contributed by atoms with E-state index in [0.29, 0.717) is 17.1 Å². The maximum atomic E-state index is 13.1. The van der Waals surface area contributed by atoms with Crippen LogP contribution in [0, 0.1) is 12.7 Å². The molecule has 100 valence electrons. The second-order valence-corrected chi connectivity index (χ2v) is 3.94. The zero-order chi connectivity index (χ0) is 13.8. The predicted octanol–water partition coefficient (Wildman–Crippen LogP) is 1.91. The van der Waals surface area contributed by atoms with Gasteiger partial charge in [-0.05, 0) is 42.8 Å². The van der Waals surface area contributed by atoms with Crippen molar-refractivity contribution < 1.29 is 18.3 Å². The normalized spacial score (nSPS) is 10.3. The molecule has 2 rings (SSSR count). The van der Waals surface area contributed by atoms with Crippen LogP contribution in [0.15, 0.2) is 34.7 Å². The van der Waals surface area contributed by atoms with E-state index in [0.717, 1.165) is 0 Å². The van der Waals surface area contributed by atoms with Crippen LogP contribution in [0.4, 0.5) is 4.39 Å². The number of rotatable bonds is 4. The fraction of sp³-hybridized carbons (Fsp3) is 0.154. The Kier molecular flexibility index (Phi) is 3.82. The smallest absolute Gasteiger partial charge is 0.300 e.